The lowest BCUT2D eigenvalue weighted by Crippen LogP contribution is -2.31. The smallest absolute Gasteiger partial charge is 0.418 e. The van der Waals surface area contributed by atoms with Gasteiger partial charge in [0.2, 0.25) is 0 Å². The summed E-state index contributed by atoms with van der Waals surface area (Å²) in [6.45, 7) is 1.37. The molecule has 2 aromatic rings. The fourth-order valence-electron chi connectivity index (χ4n) is 2.17. The zero-order chi connectivity index (χ0) is 20.2. The minimum absolute atomic E-state index is 0.105. The summed E-state index contributed by atoms with van der Waals surface area (Å²) in [5.41, 5.74) is -1.17. The zero-order valence-electron chi connectivity index (χ0n) is 14.2. The summed E-state index contributed by atoms with van der Waals surface area (Å²) >= 11 is 5.61. The first kappa shape index (κ1) is 20.4. The third kappa shape index (κ3) is 5.05. The molecule has 1 atom stereocenters. The van der Waals surface area contributed by atoms with Crippen LogP contribution in [0.3, 0.4) is 0 Å². The van der Waals surface area contributed by atoms with Crippen molar-refractivity contribution in [3.63, 3.8) is 0 Å². The number of halogens is 4. The molecule has 0 saturated carbocycles. The molecule has 0 bridgehead atoms. The average molecular weight is 399 g/mol. The van der Waals surface area contributed by atoms with Crippen molar-refractivity contribution >= 4 is 23.2 Å². The molecule has 0 radical (unpaired) electrons. The molecular weight excluding hydrogens is 385 g/mol. The van der Waals surface area contributed by atoms with Gasteiger partial charge >= 0.3 is 6.18 Å². The Morgan fingerprint density at radius 2 is 1.93 bits per heavy atom. The highest BCUT2D eigenvalue weighted by molar-refractivity contribution is 6.30. The second-order valence-electron chi connectivity index (χ2n) is 5.41. The van der Waals surface area contributed by atoms with E-state index in [1.165, 1.54) is 38.3 Å². The van der Waals surface area contributed by atoms with E-state index < -0.39 is 29.4 Å². The first-order chi connectivity index (χ1) is 12.7. The zero-order valence-corrected chi connectivity index (χ0v) is 15.0. The molecule has 0 aliphatic rings. The van der Waals surface area contributed by atoms with Crippen LogP contribution < -0.4 is 14.8 Å². The van der Waals surface area contributed by atoms with Crippen LogP contribution in [0.15, 0.2) is 36.4 Å². The van der Waals surface area contributed by atoms with E-state index in [2.05, 4.69) is 5.32 Å². The van der Waals surface area contributed by atoms with E-state index in [4.69, 9.17) is 26.3 Å². The lowest BCUT2D eigenvalue weighted by atomic mass is 10.1. The van der Waals surface area contributed by atoms with E-state index in [-0.39, 0.29) is 16.5 Å². The summed E-state index contributed by atoms with van der Waals surface area (Å²) in [4.78, 5) is 12.3. The number of anilines is 1. The van der Waals surface area contributed by atoms with Crippen LogP contribution in [0.25, 0.3) is 0 Å². The number of carbonyl (C=O) groups is 1. The van der Waals surface area contributed by atoms with Gasteiger partial charge in [0.1, 0.15) is 0 Å². The summed E-state index contributed by atoms with van der Waals surface area (Å²) in [7, 11) is 1.36. The maximum atomic E-state index is 13.1. The molecule has 0 aliphatic carbocycles. The van der Waals surface area contributed by atoms with Crippen molar-refractivity contribution in [2.45, 2.75) is 19.2 Å². The van der Waals surface area contributed by atoms with Crippen LogP contribution in [-0.2, 0) is 11.0 Å². The van der Waals surface area contributed by atoms with Crippen molar-refractivity contribution in [3.05, 3.63) is 52.5 Å². The van der Waals surface area contributed by atoms with Crippen LogP contribution in [-0.4, -0.2) is 19.1 Å². The average Bonchev–Trinajstić information content (AvgIpc) is 2.62. The normalized spacial score (nSPS) is 12.0. The van der Waals surface area contributed by atoms with Crippen molar-refractivity contribution in [2.24, 2.45) is 0 Å². The lowest BCUT2D eigenvalue weighted by Gasteiger charge is -2.19. The molecule has 0 saturated heterocycles. The van der Waals surface area contributed by atoms with E-state index >= 15 is 0 Å². The Hall–Kier alpha value is -2.92. The maximum Gasteiger partial charge on any atom is 0.418 e. The number of nitrogens with one attached hydrogen (secondary N) is 1. The highest BCUT2D eigenvalue weighted by Crippen LogP contribution is 2.36. The first-order valence-electron chi connectivity index (χ1n) is 7.58. The van der Waals surface area contributed by atoms with Crippen LogP contribution in [0, 0.1) is 11.3 Å². The van der Waals surface area contributed by atoms with Gasteiger partial charge in [-0.1, -0.05) is 11.6 Å². The number of carbonyl (C=O) groups excluding carboxylic acids is 1. The number of hydrogen-bond donors (Lipinski definition) is 1. The van der Waals surface area contributed by atoms with Crippen LogP contribution in [0.1, 0.15) is 18.1 Å². The minimum atomic E-state index is -4.69. The SMILES string of the molecule is COc1cc(C#N)ccc1O[C@H](C)C(=O)Nc1ccc(Cl)cc1C(F)(F)F. The summed E-state index contributed by atoms with van der Waals surface area (Å²) in [6, 6.07) is 9.28. The van der Waals surface area contributed by atoms with E-state index in [0.717, 1.165) is 12.1 Å². The molecular formula is C18H14ClF3N2O3. The predicted octanol–water partition coefficient (Wildman–Crippen LogP) is 4.65. The third-order valence-electron chi connectivity index (χ3n) is 3.51. The van der Waals surface area contributed by atoms with Gasteiger partial charge in [0.25, 0.3) is 5.91 Å². The van der Waals surface area contributed by atoms with Gasteiger partial charge in [0, 0.05) is 11.1 Å². The summed E-state index contributed by atoms with van der Waals surface area (Å²) in [5.74, 6) is -0.406. The fourth-order valence-corrected chi connectivity index (χ4v) is 2.34. The van der Waals surface area contributed by atoms with Crippen LogP contribution in [0.5, 0.6) is 11.5 Å². The fraction of sp³-hybridized carbons (Fsp3) is 0.222. The number of hydrogen-bond acceptors (Lipinski definition) is 4. The molecule has 142 valence electrons. The Morgan fingerprint density at radius 1 is 1.22 bits per heavy atom. The Kier molecular flexibility index (Phi) is 6.18. The van der Waals surface area contributed by atoms with E-state index in [1.54, 1.807) is 0 Å². The van der Waals surface area contributed by atoms with Crippen molar-refractivity contribution in [3.8, 4) is 17.6 Å². The highest BCUT2D eigenvalue weighted by Gasteiger charge is 2.34. The van der Waals surface area contributed by atoms with Gasteiger partial charge in [-0.15, -0.1) is 0 Å². The molecule has 5 nitrogen and oxygen atoms in total. The number of nitrogens with zero attached hydrogens (tertiary/aromatic N) is 1. The standard InChI is InChI=1S/C18H14ClF3N2O3/c1-10(27-15-6-3-11(9-23)7-16(15)26-2)17(25)24-14-5-4-12(19)8-13(14)18(20,21)22/h3-8,10H,1-2H3,(H,24,25)/t10-/m1/s1. The molecule has 0 spiro atoms. The van der Waals surface area contributed by atoms with E-state index in [1.807, 2.05) is 6.07 Å². The number of alkyl halides is 3. The number of nitriles is 1. The molecule has 1 N–H and O–H groups in total. The molecule has 27 heavy (non-hydrogen) atoms. The number of ether oxygens (including phenoxy) is 2. The minimum Gasteiger partial charge on any atom is -0.493 e. The summed E-state index contributed by atoms with van der Waals surface area (Å²) < 4.78 is 49.9. The van der Waals surface area contributed by atoms with Crippen molar-refractivity contribution in [2.75, 3.05) is 12.4 Å². The van der Waals surface area contributed by atoms with Gasteiger partial charge in [-0.3, -0.25) is 4.79 Å². The predicted molar refractivity (Wildman–Crippen MR) is 92.9 cm³/mol. The van der Waals surface area contributed by atoms with E-state index in [9.17, 15) is 18.0 Å². The van der Waals surface area contributed by atoms with Crippen molar-refractivity contribution < 1.29 is 27.4 Å². The maximum absolute atomic E-state index is 13.1. The number of methoxy groups -OCH3 is 1. The van der Waals surface area contributed by atoms with Gasteiger partial charge in [-0.25, -0.2) is 0 Å². The second-order valence-corrected chi connectivity index (χ2v) is 5.85. The lowest BCUT2D eigenvalue weighted by molar-refractivity contribution is -0.137. The molecule has 9 heteroatoms. The molecule has 2 aromatic carbocycles. The summed E-state index contributed by atoms with van der Waals surface area (Å²) in [5, 5.41) is 11.0. The van der Waals surface area contributed by atoms with Crippen molar-refractivity contribution in [1.82, 2.24) is 0 Å². The van der Waals surface area contributed by atoms with Gasteiger partial charge in [-0.2, -0.15) is 18.4 Å². The van der Waals surface area contributed by atoms with Gasteiger partial charge in [-0.05, 0) is 37.3 Å². The third-order valence-corrected chi connectivity index (χ3v) is 3.75. The molecule has 0 aliphatic heterocycles. The first-order valence-corrected chi connectivity index (χ1v) is 7.96. The van der Waals surface area contributed by atoms with Crippen LogP contribution in [0.2, 0.25) is 5.02 Å². The molecule has 0 fully saturated rings. The highest BCUT2D eigenvalue weighted by atomic mass is 35.5. The van der Waals surface area contributed by atoms with Gasteiger partial charge in [0.05, 0.1) is 30.0 Å². The second kappa shape index (κ2) is 8.18. The van der Waals surface area contributed by atoms with Gasteiger partial charge < -0.3 is 14.8 Å². The molecule has 2 rings (SSSR count). The van der Waals surface area contributed by atoms with Crippen molar-refractivity contribution in [1.29, 1.82) is 5.26 Å². The Bertz CT molecular complexity index is 894. The quantitative estimate of drug-likeness (QED) is 0.796. The molecule has 0 unspecified atom stereocenters. The molecule has 0 heterocycles. The molecule has 0 aromatic heterocycles. The number of rotatable bonds is 5. The van der Waals surface area contributed by atoms with Crippen LogP contribution in [0.4, 0.5) is 18.9 Å². The Morgan fingerprint density at radius 3 is 2.52 bits per heavy atom. The number of benzene rings is 2. The van der Waals surface area contributed by atoms with Gasteiger partial charge in [0.15, 0.2) is 17.6 Å². The largest absolute Gasteiger partial charge is 0.493 e. The number of amides is 1. The topological polar surface area (TPSA) is 71.3 Å². The molecule has 1 amide bonds. The Balaban J connectivity index is 2.19. The summed E-state index contributed by atoms with van der Waals surface area (Å²) in [6.07, 6.45) is -5.82. The van der Waals surface area contributed by atoms with Crippen LogP contribution >= 0.6 is 11.6 Å². The Labute approximate surface area is 158 Å². The monoisotopic (exact) mass is 398 g/mol. The van der Waals surface area contributed by atoms with E-state index in [0.29, 0.717) is 5.56 Å².